The van der Waals surface area contributed by atoms with Crippen LogP contribution < -0.4 is 10.1 Å². The number of aromatic nitrogens is 1. The third-order valence-electron chi connectivity index (χ3n) is 3.25. The van der Waals surface area contributed by atoms with Crippen molar-refractivity contribution in [1.29, 1.82) is 0 Å². The Labute approximate surface area is 115 Å². The van der Waals surface area contributed by atoms with Gasteiger partial charge in [0.25, 0.3) is 0 Å². The van der Waals surface area contributed by atoms with Gasteiger partial charge in [0.15, 0.2) is 0 Å². The number of rotatable bonds is 6. The van der Waals surface area contributed by atoms with E-state index in [0.717, 1.165) is 25.3 Å². The zero-order valence-electron chi connectivity index (χ0n) is 12.3. The predicted molar refractivity (Wildman–Crippen MR) is 80.8 cm³/mol. The molecule has 3 heteroatoms. The number of fused-ring (bicyclic) bond motifs is 1. The summed E-state index contributed by atoms with van der Waals surface area (Å²) in [4.78, 5) is 3.44. The van der Waals surface area contributed by atoms with Crippen LogP contribution in [0.15, 0.2) is 18.2 Å². The molecule has 0 atom stereocenters. The van der Waals surface area contributed by atoms with Crippen LogP contribution in [0.5, 0.6) is 5.75 Å². The molecule has 0 aliphatic carbocycles. The Balaban J connectivity index is 2.30. The average molecular weight is 260 g/mol. The molecular weight excluding hydrogens is 236 g/mol. The summed E-state index contributed by atoms with van der Waals surface area (Å²) in [5.41, 5.74) is 3.75. The molecule has 1 aromatic heterocycles. The summed E-state index contributed by atoms with van der Waals surface area (Å²) in [6, 6.07) is 6.77. The SMILES string of the molecule is CCCOc1ccc2[nH]c(C)c(CNC(C)C)c2c1. The number of benzene rings is 1. The van der Waals surface area contributed by atoms with E-state index in [1.165, 1.54) is 22.2 Å². The lowest BCUT2D eigenvalue weighted by atomic mass is 10.1. The van der Waals surface area contributed by atoms with E-state index in [2.05, 4.69) is 50.1 Å². The van der Waals surface area contributed by atoms with Gasteiger partial charge in [-0.1, -0.05) is 20.8 Å². The molecule has 2 aromatic rings. The lowest BCUT2D eigenvalue weighted by Crippen LogP contribution is -2.22. The fraction of sp³-hybridized carbons (Fsp3) is 0.500. The highest BCUT2D eigenvalue weighted by atomic mass is 16.5. The van der Waals surface area contributed by atoms with Crippen LogP contribution in [0, 0.1) is 6.92 Å². The normalized spacial score (nSPS) is 11.4. The molecule has 104 valence electrons. The second-order valence-electron chi connectivity index (χ2n) is 5.32. The summed E-state index contributed by atoms with van der Waals surface area (Å²) in [5, 5.41) is 4.75. The van der Waals surface area contributed by atoms with Gasteiger partial charge in [-0.2, -0.15) is 0 Å². The van der Waals surface area contributed by atoms with Crippen molar-refractivity contribution >= 4 is 10.9 Å². The second-order valence-corrected chi connectivity index (χ2v) is 5.32. The molecule has 1 aromatic carbocycles. The Morgan fingerprint density at radius 1 is 1.32 bits per heavy atom. The minimum Gasteiger partial charge on any atom is -0.494 e. The van der Waals surface area contributed by atoms with Gasteiger partial charge in [-0.15, -0.1) is 0 Å². The topological polar surface area (TPSA) is 37.0 Å². The summed E-state index contributed by atoms with van der Waals surface area (Å²) in [6.45, 7) is 10.2. The minimum atomic E-state index is 0.490. The molecule has 19 heavy (non-hydrogen) atoms. The van der Waals surface area contributed by atoms with Gasteiger partial charge in [0, 0.05) is 29.2 Å². The van der Waals surface area contributed by atoms with Crippen molar-refractivity contribution in [2.24, 2.45) is 0 Å². The molecule has 0 aliphatic rings. The molecule has 0 saturated carbocycles. The van der Waals surface area contributed by atoms with Gasteiger partial charge < -0.3 is 15.0 Å². The van der Waals surface area contributed by atoms with E-state index in [1.54, 1.807) is 0 Å². The van der Waals surface area contributed by atoms with E-state index in [-0.39, 0.29) is 0 Å². The number of aromatic amines is 1. The van der Waals surface area contributed by atoms with Crippen molar-refractivity contribution in [3.8, 4) is 5.75 Å². The maximum absolute atomic E-state index is 5.72. The summed E-state index contributed by atoms with van der Waals surface area (Å²) in [6.07, 6.45) is 1.03. The Hall–Kier alpha value is -1.48. The predicted octanol–water partition coefficient (Wildman–Crippen LogP) is 3.76. The lowest BCUT2D eigenvalue weighted by molar-refractivity contribution is 0.318. The third kappa shape index (κ3) is 3.29. The molecule has 0 spiro atoms. The largest absolute Gasteiger partial charge is 0.494 e. The fourth-order valence-electron chi connectivity index (χ4n) is 2.21. The van der Waals surface area contributed by atoms with E-state index in [1.807, 2.05) is 6.07 Å². The molecule has 0 saturated heterocycles. The van der Waals surface area contributed by atoms with Crippen molar-refractivity contribution in [3.63, 3.8) is 0 Å². The van der Waals surface area contributed by atoms with Crippen molar-refractivity contribution in [2.45, 2.75) is 46.7 Å². The molecule has 0 unspecified atom stereocenters. The van der Waals surface area contributed by atoms with Gasteiger partial charge in [0.05, 0.1) is 6.61 Å². The van der Waals surface area contributed by atoms with Crippen molar-refractivity contribution in [3.05, 3.63) is 29.5 Å². The summed E-state index contributed by atoms with van der Waals surface area (Å²) in [5.74, 6) is 0.958. The van der Waals surface area contributed by atoms with E-state index in [9.17, 15) is 0 Å². The van der Waals surface area contributed by atoms with E-state index < -0.39 is 0 Å². The molecule has 2 rings (SSSR count). The molecule has 1 heterocycles. The Bertz CT molecular complexity index is 543. The van der Waals surface area contributed by atoms with Crippen LogP contribution in [0.25, 0.3) is 10.9 Å². The molecule has 3 nitrogen and oxygen atoms in total. The zero-order valence-corrected chi connectivity index (χ0v) is 12.3. The highest BCUT2D eigenvalue weighted by Crippen LogP contribution is 2.26. The van der Waals surface area contributed by atoms with E-state index >= 15 is 0 Å². The first-order chi connectivity index (χ1) is 9.11. The van der Waals surface area contributed by atoms with Crippen molar-refractivity contribution in [1.82, 2.24) is 10.3 Å². The van der Waals surface area contributed by atoms with Gasteiger partial charge in [-0.05, 0) is 37.1 Å². The van der Waals surface area contributed by atoms with Crippen LogP contribution in [0.2, 0.25) is 0 Å². The highest BCUT2D eigenvalue weighted by Gasteiger charge is 2.09. The number of nitrogens with one attached hydrogen (secondary N) is 2. The molecule has 0 aliphatic heterocycles. The highest BCUT2D eigenvalue weighted by molar-refractivity contribution is 5.86. The van der Waals surface area contributed by atoms with Crippen LogP contribution in [0.4, 0.5) is 0 Å². The van der Waals surface area contributed by atoms with Gasteiger partial charge in [0.2, 0.25) is 0 Å². The monoisotopic (exact) mass is 260 g/mol. The third-order valence-corrected chi connectivity index (χ3v) is 3.25. The van der Waals surface area contributed by atoms with E-state index in [0.29, 0.717) is 6.04 Å². The van der Waals surface area contributed by atoms with Crippen LogP contribution in [0.3, 0.4) is 0 Å². The van der Waals surface area contributed by atoms with Crippen LogP contribution in [-0.2, 0) is 6.54 Å². The Morgan fingerprint density at radius 2 is 2.11 bits per heavy atom. The average Bonchev–Trinajstić information content (AvgIpc) is 2.69. The number of hydrogen-bond donors (Lipinski definition) is 2. The lowest BCUT2D eigenvalue weighted by Gasteiger charge is -2.09. The quantitative estimate of drug-likeness (QED) is 0.829. The number of aryl methyl sites for hydroxylation is 1. The first-order valence-electron chi connectivity index (χ1n) is 7.09. The zero-order chi connectivity index (χ0) is 13.8. The van der Waals surface area contributed by atoms with Crippen molar-refractivity contribution < 1.29 is 4.74 Å². The van der Waals surface area contributed by atoms with Crippen LogP contribution >= 0.6 is 0 Å². The molecule has 2 N–H and O–H groups in total. The smallest absolute Gasteiger partial charge is 0.120 e. The Morgan fingerprint density at radius 3 is 2.79 bits per heavy atom. The number of H-pyrrole nitrogens is 1. The second kappa shape index (κ2) is 6.11. The maximum atomic E-state index is 5.72. The van der Waals surface area contributed by atoms with Gasteiger partial charge in [0.1, 0.15) is 5.75 Å². The van der Waals surface area contributed by atoms with Crippen molar-refractivity contribution in [2.75, 3.05) is 6.61 Å². The van der Waals surface area contributed by atoms with Crippen LogP contribution in [-0.4, -0.2) is 17.6 Å². The standard InChI is InChI=1S/C16H24N2O/c1-5-8-19-13-6-7-16-14(9-13)15(12(4)18-16)10-17-11(2)3/h6-7,9,11,17-18H,5,8,10H2,1-4H3. The molecule has 0 radical (unpaired) electrons. The summed E-state index contributed by atoms with van der Waals surface area (Å²) >= 11 is 0. The molecule has 0 bridgehead atoms. The van der Waals surface area contributed by atoms with Gasteiger partial charge >= 0.3 is 0 Å². The summed E-state index contributed by atoms with van der Waals surface area (Å²) in [7, 11) is 0. The maximum Gasteiger partial charge on any atom is 0.120 e. The first-order valence-corrected chi connectivity index (χ1v) is 7.09. The van der Waals surface area contributed by atoms with Gasteiger partial charge in [-0.25, -0.2) is 0 Å². The molecule has 0 fully saturated rings. The minimum absolute atomic E-state index is 0.490. The number of ether oxygens (including phenoxy) is 1. The van der Waals surface area contributed by atoms with E-state index in [4.69, 9.17) is 4.74 Å². The molecular formula is C16H24N2O. The van der Waals surface area contributed by atoms with Crippen LogP contribution in [0.1, 0.15) is 38.4 Å². The summed E-state index contributed by atoms with van der Waals surface area (Å²) < 4.78 is 5.72. The number of hydrogen-bond acceptors (Lipinski definition) is 2. The molecule has 0 amide bonds. The van der Waals surface area contributed by atoms with Gasteiger partial charge in [-0.3, -0.25) is 0 Å². The first kappa shape index (κ1) is 13.9. The fourth-order valence-corrected chi connectivity index (χ4v) is 2.21. The Kier molecular flexibility index (Phi) is 4.48.